The van der Waals surface area contributed by atoms with Gasteiger partial charge >= 0.3 is 6.18 Å². The largest absolute Gasteiger partial charge is 0.404 e. The summed E-state index contributed by atoms with van der Waals surface area (Å²) in [4.78, 5) is 7.18. The standard InChI is InChI=1S/C16H16F3N5O2S/c17-16(18,19)9-27(25,26)24-7-1-2-10(8-24)11-3-5-21-15-13(11)12-4-6-20-14(12)22-23-15/h3-6,10H,1-2,7-9H2,(H,20,22). The van der Waals surface area contributed by atoms with Gasteiger partial charge in [0.25, 0.3) is 0 Å². The maximum atomic E-state index is 12.6. The van der Waals surface area contributed by atoms with Crippen molar-refractivity contribution in [2.24, 2.45) is 0 Å². The van der Waals surface area contributed by atoms with Gasteiger partial charge in [0.05, 0.1) is 0 Å². The summed E-state index contributed by atoms with van der Waals surface area (Å²) in [6.45, 7) is 0.100. The van der Waals surface area contributed by atoms with Gasteiger partial charge in [-0.25, -0.2) is 17.7 Å². The molecule has 4 rings (SSSR count). The highest BCUT2D eigenvalue weighted by Crippen LogP contribution is 2.35. The van der Waals surface area contributed by atoms with Crippen LogP contribution in [0.2, 0.25) is 0 Å². The molecule has 0 saturated carbocycles. The molecule has 1 saturated heterocycles. The van der Waals surface area contributed by atoms with Crippen LogP contribution in [-0.2, 0) is 10.0 Å². The Balaban J connectivity index is 1.73. The number of hydrogen-bond acceptors (Lipinski definition) is 5. The molecule has 11 heteroatoms. The van der Waals surface area contributed by atoms with Gasteiger partial charge in [0.15, 0.2) is 17.0 Å². The number of pyridine rings is 1. The fourth-order valence-electron chi connectivity index (χ4n) is 3.65. The monoisotopic (exact) mass is 399 g/mol. The third-order valence-corrected chi connectivity index (χ3v) is 6.58. The molecule has 3 aromatic heterocycles. The highest BCUT2D eigenvalue weighted by atomic mass is 32.2. The molecule has 1 atom stereocenters. The summed E-state index contributed by atoms with van der Waals surface area (Å²) in [5.74, 6) is -2.08. The average Bonchev–Trinajstić information content (AvgIpc) is 3.08. The maximum absolute atomic E-state index is 12.6. The third kappa shape index (κ3) is 3.48. The molecule has 0 bridgehead atoms. The summed E-state index contributed by atoms with van der Waals surface area (Å²) in [6.07, 6.45) is -0.321. The molecule has 1 aliphatic heterocycles. The van der Waals surface area contributed by atoms with Crippen molar-refractivity contribution in [3.05, 3.63) is 30.1 Å². The van der Waals surface area contributed by atoms with Crippen molar-refractivity contribution in [2.75, 3.05) is 18.8 Å². The van der Waals surface area contributed by atoms with E-state index in [0.29, 0.717) is 24.1 Å². The molecule has 3 aromatic rings. The van der Waals surface area contributed by atoms with E-state index < -0.39 is 22.0 Å². The Hall–Kier alpha value is -2.27. The Labute approximate surface area is 152 Å². The van der Waals surface area contributed by atoms with Gasteiger partial charge in [-0.2, -0.15) is 13.2 Å². The topological polar surface area (TPSA) is 91.8 Å². The van der Waals surface area contributed by atoms with Gasteiger partial charge in [-0.3, -0.25) is 0 Å². The van der Waals surface area contributed by atoms with Crippen molar-refractivity contribution in [2.45, 2.75) is 24.9 Å². The second-order valence-electron chi connectivity index (χ2n) is 6.61. The Morgan fingerprint density at radius 2 is 2.07 bits per heavy atom. The summed E-state index contributed by atoms with van der Waals surface area (Å²) < 4.78 is 63.2. The van der Waals surface area contributed by atoms with Crippen LogP contribution in [0.1, 0.15) is 24.3 Å². The summed E-state index contributed by atoms with van der Waals surface area (Å²) in [7, 11) is -4.41. The lowest BCUT2D eigenvalue weighted by Crippen LogP contribution is -2.43. The first-order chi connectivity index (χ1) is 12.7. The van der Waals surface area contributed by atoms with Gasteiger partial charge in [-0.05, 0) is 36.5 Å². The van der Waals surface area contributed by atoms with E-state index in [4.69, 9.17) is 0 Å². The van der Waals surface area contributed by atoms with Crippen molar-refractivity contribution in [3.8, 4) is 0 Å². The third-order valence-electron chi connectivity index (χ3n) is 4.77. The van der Waals surface area contributed by atoms with Crippen molar-refractivity contribution in [3.63, 3.8) is 0 Å². The lowest BCUT2D eigenvalue weighted by atomic mass is 9.89. The Morgan fingerprint density at radius 3 is 2.85 bits per heavy atom. The molecule has 144 valence electrons. The van der Waals surface area contributed by atoms with E-state index in [2.05, 4.69) is 20.2 Å². The van der Waals surface area contributed by atoms with Gasteiger partial charge in [0.1, 0.15) is 0 Å². The van der Waals surface area contributed by atoms with E-state index in [1.807, 2.05) is 6.07 Å². The van der Waals surface area contributed by atoms with Crippen LogP contribution in [0.15, 0.2) is 24.5 Å². The molecule has 0 spiro atoms. The highest BCUT2D eigenvalue weighted by Gasteiger charge is 2.40. The first kappa shape index (κ1) is 18.1. The van der Waals surface area contributed by atoms with Gasteiger partial charge in [0.2, 0.25) is 10.0 Å². The smallest absolute Gasteiger partial charge is 0.345 e. The molecule has 1 aliphatic rings. The van der Waals surface area contributed by atoms with Crippen molar-refractivity contribution >= 4 is 32.1 Å². The molecule has 0 radical (unpaired) electrons. The number of aromatic amines is 1. The van der Waals surface area contributed by atoms with Crippen LogP contribution in [-0.4, -0.2) is 57.9 Å². The van der Waals surface area contributed by atoms with Gasteiger partial charge in [-0.1, -0.05) is 0 Å². The van der Waals surface area contributed by atoms with Crippen LogP contribution in [0.5, 0.6) is 0 Å². The molecule has 1 fully saturated rings. The molecule has 0 amide bonds. The predicted molar refractivity (Wildman–Crippen MR) is 92.6 cm³/mol. The number of H-pyrrole nitrogens is 1. The number of alkyl halides is 3. The van der Waals surface area contributed by atoms with Gasteiger partial charge in [0, 0.05) is 36.3 Å². The number of aromatic nitrogens is 4. The number of hydrogen-bond donors (Lipinski definition) is 1. The van der Waals surface area contributed by atoms with Crippen LogP contribution in [0.3, 0.4) is 0 Å². The molecule has 4 heterocycles. The molecule has 1 unspecified atom stereocenters. The molecule has 27 heavy (non-hydrogen) atoms. The molecular weight excluding hydrogens is 383 g/mol. The summed E-state index contributed by atoms with van der Waals surface area (Å²) in [5.41, 5.74) is 1.83. The Bertz CT molecular complexity index is 1100. The van der Waals surface area contributed by atoms with Crippen LogP contribution < -0.4 is 0 Å². The zero-order valence-electron chi connectivity index (χ0n) is 14.1. The van der Waals surface area contributed by atoms with E-state index >= 15 is 0 Å². The van der Waals surface area contributed by atoms with Crippen molar-refractivity contribution < 1.29 is 21.6 Å². The Kier molecular flexibility index (Phi) is 4.30. The molecule has 0 aromatic carbocycles. The number of nitrogens with one attached hydrogen (secondary N) is 1. The normalized spacial score (nSPS) is 19.7. The fraction of sp³-hybridized carbons (Fsp3) is 0.438. The zero-order chi connectivity index (χ0) is 19.2. The van der Waals surface area contributed by atoms with E-state index in [1.165, 1.54) is 0 Å². The minimum absolute atomic E-state index is 0.00572. The van der Waals surface area contributed by atoms with Crippen molar-refractivity contribution in [1.29, 1.82) is 0 Å². The van der Waals surface area contributed by atoms with Crippen molar-refractivity contribution in [1.82, 2.24) is 24.5 Å². The Morgan fingerprint density at radius 1 is 1.26 bits per heavy atom. The number of rotatable bonds is 3. The lowest BCUT2D eigenvalue weighted by molar-refractivity contribution is -0.107. The minimum Gasteiger partial charge on any atom is -0.345 e. The summed E-state index contributed by atoms with van der Waals surface area (Å²) in [5, 5.41) is 9.69. The number of fused-ring (bicyclic) bond motifs is 3. The molecule has 0 aliphatic carbocycles. The molecular formula is C16H16F3N5O2S. The first-order valence-corrected chi connectivity index (χ1v) is 9.98. The predicted octanol–water partition coefficient (Wildman–Crippen LogP) is 2.58. The highest BCUT2D eigenvalue weighted by molar-refractivity contribution is 7.89. The SMILES string of the molecule is O=S(=O)(CC(F)(F)F)N1CCCC(c2ccnc3nnc4[nH]ccc4c23)C1. The van der Waals surface area contributed by atoms with E-state index in [1.54, 1.807) is 18.5 Å². The number of piperidine rings is 1. The van der Waals surface area contributed by atoms with Crippen LogP contribution >= 0.6 is 0 Å². The first-order valence-electron chi connectivity index (χ1n) is 8.37. The number of nitrogens with zero attached hydrogens (tertiary/aromatic N) is 4. The minimum atomic E-state index is -4.76. The summed E-state index contributed by atoms with van der Waals surface area (Å²) in [6, 6.07) is 3.61. The average molecular weight is 399 g/mol. The second-order valence-corrected chi connectivity index (χ2v) is 8.58. The quantitative estimate of drug-likeness (QED) is 0.731. The lowest BCUT2D eigenvalue weighted by Gasteiger charge is -2.32. The molecule has 1 N–H and O–H groups in total. The number of sulfonamides is 1. The van der Waals surface area contributed by atoms with E-state index in [-0.39, 0.29) is 19.0 Å². The maximum Gasteiger partial charge on any atom is 0.404 e. The van der Waals surface area contributed by atoms with Crippen LogP contribution in [0, 0.1) is 0 Å². The molecule has 7 nitrogen and oxygen atoms in total. The van der Waals surface area contributed by atoms with E-state index in [0.717, 1.165) is 20.6 Å². The fourth-order valence-corrected chi connectivity index (χ4v) is 5.06. The van der Waals surface area contributed by atoms with E-state index in [9.17, 15) is 21.6 Å². The second kappa shape index (κ2) is 6.41. The number of halogens is 3. The van der Waals surface area contributed by atoms with Crippen LogP contribution in [0.4, 0.5) is 13.2 Å². The van der Waals surface area contributed by atoms with Gasteiger partial charge in [-0.15, -0.1) is 10.2 Å². The zero-order valence-corrected chi connectivity index (χ0v) is 14.9. The van der Waals surface area contributed by atoms with Gasteiger partial charge < -0.3 is 4.98 Å². The van der Waals surface area contributed by atoms with Crippen LogP contribution in [0.25, 0.3) is 22.1 Å². The summed E-state index contributed by atoms with van der Waals surface area (Å²) >= 11 is 0.